The van der Waals surface area contributed by atoms with Crippen molar-refractivity contribution in [2.75, 3.05) is 6.61 Å². The van der Waals surface area contributed by atoms with Crippen LogP contribution in [0.4, 0.5) is 0 Å². The molecule has 13 nitrogen and oxygen atoms in total. The Labute approximate surface area is 397 Å². The van der Waals surface area contributed by atoms with E-state index < -0.39 is 65.8 Å². The SMILES string of the molecule is Cc1ccn([C@H](CC(C)C)C(=O)N[C@@H](CC(=O)OCC(C)C[C@H](C(=O)N[C@@H](CC(=O)O)c2cccc(-c3ccccc3C)c2)n2ccccc2=O)c2cncc(-c3c(C)cccc3C)c2)c(=O)c1. The number of nitrogens with zero attached hydrogens (tertiary/aromatic N) is 3. The van der Waals surface area contributed by atoms with Gasteiger partial charge in [-0.3, -0.25) is 33.8 Å². The van der Waals surface area contributed by atoms with E-state index in [1.54, 1.807) is 49.8 Å². The molecule has 3 aromatic heterocycles. The van der Waals surface area contributed by atoms with Gasteiger partial charge in [-0.15, -0.1) is 0 Å². The number of ether oxygens (including phenoxy) is 1. The van der Waals surface area contributed by atoms with Crippen LogP contribution in [0.2, 0.25) is 0 Å². The first-order valence-electron chi connectivity index (χ1n) is 23.0. The van der Waals surface area contributed by atoms with Crippen molar-refractivity contribution in [3.05, 3.63) is 182 Å². The molecule has 2 amide bonds. The zero-order valence-electron chi connectivity index (χ0n) is 39.8. The Morgan fingerprint density at radius 3 is 1.91 bits per heavy atom. The molecule has 0 radical (unpaired) electrons. The lowest BCUT2D eigenvalue weighted by Crippen LogP contribution is -2.40. The zero-order valence-corrected chi connectivity index (χ0v) is 39.8. The van der Waals surface area contributed by atoms with Gasteiger partial charge in [0.25, 0.3) is 11.1 Å². The molecule has 0 aliphatic heterocycles. The fraction of sp³-hybridized carbons (Fsp3) is 0.327. The average molecular weight is 920 g/mol. The van der Waals surface area contributed by atoms with Crippen molar-refractivity contribution < 1.29 is 29.0 Å². The highest BCUT2D eigenvalue weighted by atomic mass is 16.5. The van der Waals surface area contributed by atoms with Crippen molar-refractivity contribution in [3.8, 4) is 22.3 Å². The number of nitrogens with one attached hydrogen (secondary N) is 2. The van der Waals surface area contributed by atoms with E-state index in [4.69, 9.17) is 4.74 Å². The van der Waals surface area contributed by atoms with E-state index >= 15 is 0 Å². The molecule has 13 heteroatoms. The van der Waals surface area contributed by atoms with Crippen molar-refractivity contribution in [1.29, 1.82) is 0 Å². The lowest BCUT2D eigenvalue weighted by Gasteiger charge is -2.26. The maximum atomic E-state index is 14.3. The van der Waals surface area contributed by atoms with Crippen LogP contribution in [-0.4, -0.2) is 49.6 Å². The van der Waals surface area contributed by atoms with Gasteiger partial charge >= 0.3 is 11.9 Å². The first-order valence-corrected chi connectivity index (χ1v) is 23.0. The molecule has 0 bridgehead atoms. The predicted octanol–water partition coefficient (Wildman–Crippen LogP) is 8.95. The Kier molecular flexibility index (Phi) is 16.8. The van der Waals surface area contributed by atoms with Gasteiger partial charge < -0.3 is 29.6 Å². The first kappa shape index (κ1) is 50.0. The molecule has 0 fully saturated rings. The Balaban J connectivity index is 1.24. The van der Waals surface area contributed by atoms with Crippen molar-refractivity contribution >= 4 is 23.8 Å². The third-order valence-corrected chi connectivity index (χ3v) is 12.1. The summed E-state index contributed by atoms with van der Waals surface area (Å²) in [5.41, 5.74) is 7.87. The summed E-state index contributed by atoms with van der Waals surface area (Å²) in [5, 5.41) is 16.0. The van der Waals surface area contributed by atoms with Crippen LogP contribution in [0, 0.1) is 39.5 Å². The minimum Gasteiger partial charge on any atom is -0.481 e. The maximum Gasteiger partial charge on any atom is 0.308 e. The molecule has 354 valence electrons. The molecule has 6 rings (SSSR count). The van der Waals surface area contributed by atoms with E-state index in [0.717, 1.165) is 44.5 Å². The Morgan fingerprint density at radius 1 is 0.632 bits per heavy atom. The second kappa shape index (κ2) is 22.9. The molecule has 0 spiro atoms. The van der Waals surface area contributed by atoms with Crippen LogP contribution < -0.4 is 21.8 Å². The number of aromatic nitrogens is 3. The molecular formula is C55H61N5O8. The van der Waals surface area contributed by atoms with E-state index in [0.29, 0.717) is 17.5 Å². The number of aliphatic carboxylic acids is 1. The average Bonchev–Trinajstić information content (AvgIpc) is 3.29. The summed E-state index contributed by atoms with van der Waals surface area (Å²) in [6.07, 6.45) is 6.18. The largest absolute Gasteiger partial charge is 0.481 e. The summed E-state index contributed by atoms with van der Waals surface area (Å²) in [4.78, 5) is 85.8. The molecule has 0 saturated carbocycles. The van der Waals surface area contributed by atoms with Crippen molar-refractivity contribution in [2.24, 2.45) is 11.8 Å². The highest BCUT2D eigenvalue weighted by molar-refractivity contribution is 5.83. The second-order valence-electron chi connectivity index (χ2n) is 18.2. The number of benzene rings is 3. The predicted molar refractivity (Wildman–Crippen MR) is 263 cm³/mol. The quantitative estimate of drug-likeness (QED) is 0.0631. The molecule has 0 aliphatic carbocycles. The Hall–Kier alpha value is -7.41. The van der Waals surface area contributed by atoms with E-state index in [-0.39, 0.29) is 30.9 Å². The van der Waals surface area contributed by atoms with Gasteiger partial charge in [0, 0.05) is 42.5 Å². The van der Waals surface area contributed by atoms with Crippen LogP contribution in [0.1, 0.15) is 104 Å². The van der Waals surface area contributed by atoms with Gasteiger partial charge in [-0.2, -0.15) is 0 Å². The van der Waals surface area contributed by atoms with Gasteiger partial charge in [-0.1, -0.05) is 87.5 Å². The smallest absolute Gasteiger partial charge is 0.308 e. The van der Waals surface area contributed by atoms with E-state index in [1.807, 2.05) is 108 Å². The van der Waals surface area contributed by atoms with E-state index in [9.17, 15) is 33.9 Å². The Morgan fingerprint density at radius 2 is 1.25 bits per heavy atom. The number of aryl methyl sites for hydroxylation is 4. The van der Waals surface area contributed by atoms with E-state index in [2.05, 4.69) is 15.6 Å². The summed E-state index contributed by atoms with van der Waals surface area (Å²) in [5.74, 6) is -3.21. The van der Waals surface area contributed by atoms with Crippen LogP contribution in [-0.2, 0) is 23.9 Å². The fourth-order valence-corrected chi connectivity index (χ4v) is 8.68. The highest BCUT2D eigenvalue weighted by Gasteiger charge is 2.30. The standard InChI is InChI=1S/C55H61N5O8/c1-34(2)24-47(60-23-21-35(3)26-50(60)62)54(66)58-46(42-28-43(32-56-31-42)53-38(6)15-12-16-39(53)7)30-52(65)68-33-36(4)25-48(59-22-11-10-20-49(59)61)55(67)57-45(29-51(63)64)41-18-13-17-40(27-41)44-19-9-8-14-37(44)5/h8-23,26-28,31-32,34,36,45-48H,24-25,29-30,33H2,1-7H3,(H,57,67)(H,58,66)(H,63,64)/t36?,45-,46-,47+,48+/m0/s1. The van der Waals surface area contributed by atoms with Gasteiger partial charge in [0.1, 0.15) is 12.1 Å². The lowest BCUT2D eigenvalue weighted by atomic mass is 9.94. The van der Waals surface area contributed by atoms with Crippen LogP contribution >= 0.6 is 0 Å². The molecule has 0 aliphatic rings. The molecule has 68 heavy (non-hydrogen) atoms. The van der Waals surface area contributed by atoms with Crippen molar-refractivity contribution in [2.45, 2.75) is 98.3 Å². The van der Waals surface area contributed by atoms with Crippen LogP contribution in [0.25, 0.3) is 22.3 Å². The number of pyridine rings is 3. The number of esters is 1. The van der Waals surface area contributed by atoms with Crippen molar-refractivity contribution in [3.63, 3.8) is 0 Å². The number of carboxylic acids is 1. The van der Waals surface area contributed by atoms with Gasteiger partial charge in [-0.25, -0.2) is 0 Å². The molecule has 6 aromatic rings. The topological polar surface area (TPSA) is 179 Å². The number of hydrogen-bond donors (Lipinski definition) is 3. The number of amides is 2. The summed E-state index contributed by atoms with van der Waals surface area (Å²) in [6, 6.07) is 27.1. The highest BCUT2D eigenvalue weighted by Crippen LogP contribution is 2.31. The molecule has 0 saturated heterocycles. The minimum atomic E-state index is -1.12. The monoisotopic (exact) mass is 919 g/mol. The van der Waals surface area contributed by atoms with Crippen LogP contribution in [0.15, 0.2) is 138 Å². The number of carbonyl (C=O) groups is 4. The third-order valence-electron chi connectivity index (χ3n) is 12.1. The summed E-state index contributed by atoms with van der Waals surface area (Å²) in [6.45, 7) is 13.4. The molecular weight excluding hydrogens is 859 g/mol. The second-order valence-corrected chi connectivity index (χ2v) is 18.2. The summed E-state index contributed by atoms with van der Waals surface area (Å²) >= 11 is 0. The molecule has 1 unspecified atom stereocenters. The van der Waals surface area contributed by atoms with Gasteiger partial charge in [-0.05, 0) is 127 Å². The van der Waals surface area contributed by atoms with Crippen LogP contribution in [0.5, 0.6) is 0 Å². The molecule has 3 N–H and O–H groups in total. The number of carbonyl (C=O) groups excluding carboxylic acids is 3. The fourth-order valence-electron chi connectivity index (χ4n) is 8.68. The van der Waals surface area contributed by atoms with Gasteiger partial charge in [0.15, 0.2) is 0 Å². The van der Waals surface area contributed by atoms with E-state index in [1.165, 1.54) is 27.5 Å². The normalized spacial score (nSPS) is 13.5. The first-order chi connectivity index (χ1) is 32.5. The zero-order chi connectivity index (χ0) is 49.1. The maximum absolute atomic E-state index is 14.3. The molecule has 3 aromatic carbocycles. The summed E-state index contributed by atoms with van der Waals surface area (Å²) in [7, 11) is 0. The van der Waals surface area contributed by atoms with Gasteiger partial charge in [0.2, 0.25) is 11.8 Å². The third kappa shape index (κ3) is 12.9. The number of hydrogen-bond acceptors (Lipinski definition) is 8. The number of rotatable bonds is 20. The van der Waals surface area contributed by atoms with Gasteiger partial charge in [0.05, 0.1) is 31.5 Å². The number of carboxylic acid groups (broad SMARTS) is 1. The van der Waals surface area contributed by atoms with Crippen LogP contribution in [0.3, 0.4) is 0 Å². The molecule has 5 atom stereocenters. The minimum absolute atomic E-state index is 0.0498. The van der Waals surface area contributed by atoms with Crippen molar-refractivity contribution in [1.82, 2.24) is 24.8 Å². The molecule has 3 heterocycles. The lowest BCUT2D eigenvalue weighted by molar-refractivity contribution is -0.146. The Bertz CT molecular complexity index is 2860. The summed E-state index contributed by atoms with van der Waals surface area (Å²) < 4.78 is 8.60.